The molecule has 0 saturated heterocycles. The van der Waals surface area contributed by atoms with Gasteiger partial charge in [-0.05, 0) is 31.1 Å². The van der Waals surface area contributed by atoms with Gasteiger partial charge in [-0.3, -0.25) is 14.4 Å². The van der Waals surface area contributed by atoms with Gasteiger partial charge in [0.05, 0.1) is 0 Å². The lowest BCUT2D eigenvalue weighted by molar-refractivity contribution is -0.167. The normalized spacial score (nSPS) is 12.6. The molecule has 0 saturated carbocycles. The Morgan fingerprint density at radius 2 is 0.731 bits per heavy atom. The average Bonchev–Trinajstić information content (AvgIpc) is 3.12. The summed E-state index contributed by atoms with van der Waals surface area (Å²) in [5.41, 5.74) is 0. The Labute approximate surface area is 323 Å². The van der Waals surface area contributed by atoms with Gasteiger partial charge in [-0.15, -0.1) is 0 Å². The number of ether oxygens (including phenoxy) is 3. The first-order valence-electron chi connectivity index (χ1n) is 22.8. The summed E-state index contributed by atoms with van der Waals surface area (Å²) in [7, 11) is 0. The standard InChI is InChI=1S/C46H88O6/c1-6-8-9-10-11-12-13-14-15-21-26-31-36-44(47)50-39-43(40-51-45(48)37-32-27-23-18-19-24-29-34-41(3)4)52-46(49)38-33-28-22-17-16-20-25-30-35-42(5)7-2/h41-43H,6-40H2,1-5H3/t42?,43-/m1/s1. The molecule has 1 unspecified atom stereocenters. The molecule has 0 aromatic carbocycles. The van der Waals surface area contributed by atoms with Crippen molar-refractivity contribution in [2.75, 3.05) is 13.2 Å². The van der Waals surface area contributed by atoms with Crippen LogP contribution >= 0.6 is 0 Å². The Kier molecular flexibility index (Phi) is 37.9. The molecule has 0 N–H and O–H groups in total. The molecule has 0 aliphatic heterocycles. The summed E-state index contributed by atoms with van der Waals surface area (Å²) in [5, 5.41) is 0. The smallest absolute Gasteiger partial charge is 0.306 e. The zero-order valence-electron chi connectivity index (χ0n) is 35.4. The summed E-state index contributed by atoms with van der Waals surface area (Å²) in [5.74, 6) is 0.765. The first-order valence-corrected chi connectivity index (χ1v) is 22.8. The van der Waals surface area contributed by atoms with Gasteiger partial charge in [0, 0.05) is 19.3 Å². The van der Waals surface area contributed by atoms with Gasteiger partial charge in [0.15, 0.2) is 6.10 Å². The van der Waals surface area contributed by atoms with Crippen LogP contribution in [0.3, 0.4) is 0 Å². The van der Waals surface area contributed by atoms with Crippen molar-refractivity contribution < 1.29 is 28.6 Å². The number of carbonyl (C=O) groups excluding carboxylic acids is 3. The molecule has 2 atom stereocenters. The predicted octanol–water partition coefficient (Wildman–Crippen LogP) is 14.2. The van der Waals surface area contributed by atoms with Gasteiger partial charge in [-0.25, -0.2) is 0 Å². The van der Waals surface area contributed by atoms with Crippen molar-refractivity contribution in [3.8, 4) is 0 Å². The molecule has 6 heteroatoms. The second-order valence-electron chi connectivity index (χ2n) is 16.4. The lowest BCUT2D eigenvalue weighted by Gasteiger charge is -2.18. The van der Waals surface area contributed by atoms with E-state index >= 15 is 0 Å². The number of unbranched alkanes of at least 4 members (excludes halogenated alkanes) is 24. The van der Waals surface area contributed by atoms with Gasteiger partial charge in [0.25, 0.3) is 0 Å². The minimum absolute atomic E-state index is 0.0655. The first kappa shape index (κ1) is 50.4. The molecule has 0 aliphatic carbocycles. The molecular weight excluding hydrogens is 648 g/mol. The van der Waals surface area contributed by atoms with Crippen molar-refractivity contribution in [1.29, 1.82) is 0 Å². The molecule has 0 aliphatic rings. The number of rotatable bonds is 40. The van der Waals surface area contributed by atoms with Crippen LogP contribution in [0.2, 0.25) is 0 Å². The molecule has 0 rings (SSSR count). The number of hydrogen-bond donors (Lipinski definition) is 0. The summed E-state index contributed by atoms with van der Waals surface area (Å²) in [6.07, 6.45) is 36.6. The first-order chi connectivity index (χ1) is 25.3. The lowest BCUT2D eigenvalue weighted by atomic mass is 9.99. The van der Waals surface area contributed by atoms with Crippen molar-refractivity contribution in [2.24, 2.45) is 11.8 Å². The minimum Gasteiger partial charge on any atom is -0.462 e. The van der Waals surface area contributed by atoms with E-state index in [1.54, 1.807) is 0 Å². The van der Waals surface area contributed by atoms with Gasteiger partial charge in [0.1, 0.15) is 13.2 Å². The summed E-state index contributed by atoms with van der Waals surface area (Å²) < 4.78 is 16.7. The van der Waals surface area contributed by atoms with E-state index in [-0.39, 0.29) is 31.1 Å². The lowest BCUT2D eigenvalue weighted by Crippen LogP contribution is -2.30. The van der Waals surface area contributed by atoms with Crippen LogP contribution < -0.4 is 0 Å². The predicted molar refractivity (Wildman–Crippen MR) is 220 cm³/mol. The second-order valence-corrected chi connectivity index (χ2v) is 16.4. The molecule has 0 heterocycles. The van der Waals surface area contributed by atoms with Crippen LogP contribution in [0, 0.1) is 11.8 Å². The fraction of sp³-hybridized carbons (Fsp3) is 0.935. The highest BCUT2D eigenvalue weighted by molar-refractivity contribution is 5.71. The van der Waals surface area contributed by atoms with Crippen LogP contribution in [-0.4, -0.2) is 37.2 Å². The third-order valence-corrected chi connectivity index (χ3v) is 10.6. The topological polar surface area (TPSA) is 78.9 Å². The summed E-state index contributed by atoms with van der Waals surface area (Å²) in [6.45, 7) is 11.3. The van der Waals surface area contributed by atoms with E-state index in [9.17, 15) is 14.4 Å². The number of carbonyl (C=O) groups is 3. The van der Waals surface area contributed by atoms with Crippen molar-refractivity contribution in [2.45, 2.75) is 253 Å². The monoisotopic (exact) mass is 737 g/mol. The third kappa shape index (κ3) is 38.1. The fourth-order valence-electron chi connectivity index (χ4n) is 6.72. The van der Waals surface area contributed by atoms with E-state index in [2.05, 4.69) is 34.6 Å². The zero-order chi connectivity index (χ0) is 38.3. The SMILES string of the molecule is CCCCCCCCCCCCCCC(=O)OC[C@H](COC(=O)CCCCCCCCCC(C)C)OC(=O)CCCCCCCCCCC(C)CC. The van der Waals surface area contributed by atoms with E-state index in [0.29, 0.717) is 19.3 Å². The van der Waals surface area contributed by atoms with E-state index in [4.69, 9.17) is 14.2 Å². The summed E-state index contributed by atoms with van der Waals surface area (Å²) in [4.78, 5) is 37.7. The molecule has 0 aromatic rings. The van der Waals surface area contributed by atoms with Crippen molar-refractivity contribution in [1.82, 2.24) is 0 Å². The molecular formula is C46H88O6. The molecule has 0 spiro atoms. The number of hydrogen-bond acceptors (Lipinski definition) is 6. The fourth-order valence-corrected chi connectivity index (χ4v) is 6.72. The molecule has 308 valence electrons. The van der Waals surface area contributed by atoms with Gasteiger partial charge in [0.2, 0.25) is 0 Å². The Balaban J connectivity index is 4.35. The second kappa shape index (κ2) is 39.1. The van der Waals surface area contributed by atoms with Crippen LogP contribution in [0.4, 0.5) is 0 Å². The Bertz CT molecular complexity index is 796. The van der Waals surface area contributed by atoms with Gasteiger partial charge >= 0.3 is 17.9 Å². The largest absolute Gasteiger partial charge is 0.462 e. The maximum Gasteiger partial charge on any atom is 0.306 e. The van der Waals surface area contributed by atoms with Crippen LogP contribution in [0.25, 0.3) is 0 Å². The third-order valence-electron chi connectivity index (χ3n) is 10.6. The molecule has 0 aromatic heterocycles. The quantitative estimate of drug-likeness (QED) is 0.0354. The highest BCUT2D eigenvalue weighted by Crippen LogP contribution is 2.17. The summed E-state index contributed by atoms with van der Waals surface area (Å²) >= 11 is 0. The van der Waals surface area contributed by atoms with E-state index < -0.39 is 6.10 Å². The van der Waals surface area contributed by atoms with Crippen molar-refractivity contribution >= 4 is 17.9 Å². The molecule has 0 radical (unpaired) electrons. The highest BCUT2D eigenvalue weighted by Gasteiger charge is 2.19. The average molecular weight is 737 g/mol. The molecule has 6 nitrogen and oxygen atoms in total. The van der Waals surface area contributed by atoms with E-state index in [1.807, 2.05) is 0 Å². The zero-order valence-corrected chi connectivity index (χ0v) is 35.4. The Morgan fingerprint density at radius 1 is 0.404 bits per heavy atom. The van der Waals surface area contributed by atoms with Crippen molar-refractivity contribution in [3.05, 3.63) is 0 Å². The maximum atomic E-state index is 12.7. The molecule has 0 bridgehead atoms. The van der Waals surface area contributed by atoms with Crippen LogP contribution in [0.5, 0.6) is 0 Å². The Hall–Kier alpha value is -1.59. The van der Waals surface area contributed by atoms with Gasteiger partial charge < -0.3 is 14.2 Å². The minimum atomic E-state index is -0.761. The van der Waals surface area contributed by atoms with Gasteiger partial charge in [-0.1, -0.05) is 208 Å². The summed E-state index contributed by atoms with van der Waals surface area (Å²) in [6, 6.07) is 0. The van der Waals surface area contributed by atoms with Crippen LogP contribution in [-0.2, 0) is 28.6 Å². The van der Waals surface area contributed by atoms with E-state index in [0.717, 1.165) is 69.6 Å². The maximum absolute atomic E-state index is 12.7. The van der Waals surface area contributed by atoms with Crippen LogP contribution in [0.15, 0.2) is 0 Å². The Morgan fingerprint density at radius 3 is 1.10 bits per heavy atom. The molecule has 0 fully saturated rings. The molecule has 52 heavy (non-hydrogen) atoms. The van der Waals surface area contributed by atoms with Crippen molar-refractivity contribution in [3.63, 3.8) is 0 Å². The van der Waals surface area contributed by atoms with Gasteiger partial charge in [-0.2, -0.15) is 0 Å². The molecule has 0 amide bonds. The van der Waals surface area contributed by atoms with Crippen LogP contribution in [0.1, 0.15) is 247 Å². The van der Waals surface area contributed by atoms with E-state index in [1.165, 1.54) is 135 Å². The number of esters is 3. The highest BCUT2D eigenvalue weighted by atomic mass is 16.6.